The van der Waals surface area contributed by atoms with Gasteiger partial charge in [-0.15, -0.1) is 0 Å². The minimum absolute atomic E-state index is 0.244. The van der Waals surface area contributed by atoms with Gasteiger partial charge in [-0.25, -0.2) is 4.98 Å². The zero-order valence-corrected chi connectivity index (χ0v) is 9.40. The molecule has 0 saturated carbocycles. The van der Waals surface area contributed by atoms with Crippen molar-refractivity contribution in [1.82, 2.24) is 9.55 Å². The summed E-state index contributed by atoms with van der Waals surface area (Å²) in [5, 5.41) is 10.0. The summed E-state index contributed by atoms with van der Waals surface area (Å²) in [6, 6.07) is -0.244. The molecule has 0 aromatic carbocycles. The minimum atomic E-state index is -0.593. The van der Waals surface area contributed by atoms with Gasteiger partial charge in [-0.05, 0) is 26.7 Å². The zero-order valence-electron chi connectivity index (χ0n) is 9.40. The van der Waals surface area contributed by atoms with Crippen molar-refractivity contribution in [2.24, 2.45) is 5.73 Å². The molecule has 2 rings (SSSR count). The normalized spacial score (nSPS) is 19.7. The van der Waals surface area contributed by atoms with E-state index >= 15 is 0 Å². The molecule has 3 N–H and O–H groups in total. The van der Waals surface area contributed by atoms with Crippen LogP contribution in [-0.4, -0.2) is 20.7 Å². The molecule has 1 aromatic heterocycles. The lowest BCUT2D eigenvalue weighted by Crippen LogP contribution is -2.28. The molecule has 2 atom stereocenters. The lowest BCUT2D eigenvalue weighted by Gasteiger charge is -2.21. The van der Waals surface area contributed by atoms with Crippen molar-refractivity contribution in [2.45, 2.75) is 51.8 Å². The highest BCUT2D eigenvalue weighted by Crippen LogP contribution is 2.25. The predicted molar refractivity (Wildman–Crippen MR) is 58.5 cm³/mol. The maximum atomic E-state index is 10.0. The molecule has 0 aliphatic carbocycles. The van der Waals surface area contributed by atoms with E-state index in [1.165, 1.54) is 12.8 Å². The number of hydrogen-bond donors (Lipinski definition) is 2. The number of aliphatic hydroxyl groups is 1. The molecular weight excluding hydrogens is 190 g/mol. The summed E-state index contributed by atoms with van der Waals surface area (Å²) in [4.78, 5) is 4.50. The average molecular weight is 209 g/mol. The van der Waals surface area contributed by atoms with Crippen LogP contribution in [0.1, 0.15) is 43.1 Å². The van der Waals surface area contributed by atoms with Crippen LogP contribution in [0.4, 0.5) is 0 Å². The Balaban J connectivity index is 2.41. The molecule has 0 fully saturated rings. The van der Waals surface area contributed by atoms with Gasteiger partial charge in [-0.2, -0.15) is 0 Å². The molecule has 2 unspecified atom stereocenters. The van der Waals surface area contributed by atoms with Gasteiger partial charge in [0, 0.05) is 19.0 Å². The molecular formula is C11H19N3O. The van der Waals surface area contributed by atoms with Gasteiger partial charge >= 0.3 is 0 Å². The van der Waals surface area contributed by atoms with E-state index < -0.39 is 6.10 Å². The van der Waals surface area contributed by atoms with Crippen LogP contribution >= 0.6 is 0 Å². The van der Waals surface area contributed by atoms with Crippen molar-refractivity contribution in [2.75, 3.05) is 0 Å². The van der Waals surface area contributed by atoms with Gasteiger partial charge in [-0.3, -0.25) is 0 Å². The molecule has 1 aliphatic heterocycles. The molecule has 0 bridgehead atoms. The van der Waals surface area contributed by atoms with E-state index in [1.54, 1.807) is 0 Å². The minimum Gasteiger partial charge on any atom is -0.385 e. The maximum absolute atomic E-state index is 10.0. The van der Waals surface area contributed by atoms with Gasteiger partial charge in [0.1, 0.15) is 11.9 Å². The Morgan fingerprint density at radius 3 is 2.87 bits per heavy atom. The molecule has 4 heteroatoms. The third-order valence-corrected chi connectivity index (χ3v) is 3.08. The number of aliphatic hydroxyl groups excluding tert-OH is 1. The highest BCUT2D eigenvalue weighted by atomic mass is 16.3. The molecule has 0 saturated heterocycles. The summed E-state index contributed by atoms with van der Waals surface area (Å²) >= 11 is 0. The maximum Gasteiger partial charge on any atom is 0.111 e. The molecule has 4 nitrogen and oxygen atoms in total. The third-order valence-electron chi connectivity index (χ3n) is 3.08. The van der Waals surface area contributed by atoms with Crippen molar-refractivity contribution in [1.29, 1.82) is 0 Å². The van der Waals surface area contributed by atoms with Crippen LogP contribution in [0.15, 0.2) is 0 Å². The molecule has 2 heterocycles. The van der Waals surface area contributed by atoms with E-state index in [4.69, 9.17) is 5.73 Å². The van der Waals surface area contributed by atoms with Crippen LogP contribution in [0, 0.1) is 6.92 Å². The average Bonchev–Trinajstić information content (AvgIpc) is 2.52. The van der Waals surface area contributed by atoms with E-state index in [0.29, 0.717) is 0 Å². The van der Waals surface area contributed by atoms with Crippen LogP contribution in [0.3, 0.4) is 0 Å². The second-order valence-electron chi connectivity index (χ2n) is 4.41. The Morgan fingerprint density at radius 1 is 1.47 bits per heavy atom. The first-order chi connectivity index (χ1) is 7.11. The van der Waals surface area contributed by atoms with Gasteiger partial charge in [0.15, 0.2) is 0 Å². The first-order valence-corrected chi connectivity index (χ1v) is 5.61. The monoisotopic (exact) mass is 209 g/mol. The van der Waals surface area contributed by atoms with Crippen LogP contribution in [0.25, 0.3) is 0 Å². The largest absolute Gasteiger partial charge is 0.385 e. The van der Waals surface area contributed by atoms with Crippen molar-refractivity contribution < 1.29 is 5.11 Å². The van der Waals surface area contributed by atoms with Gasteiger partial charge in [0.2, 0.25) is 0 Å². The molecule has 0 spiro atoms. The SMILES string of the molecule is Cc1nc2n(c1C(O)C(C)N)CCCC2. The van der Waals surface area contributed by atoms with Crippen molar-refractivity contribution in [3.05, 3.63) is 17.2 Å². The van der Waals surface area contributed by atoms with Crippen molar-refractivity contribution in [3.63, 3.8) is 0 Å². The van der Waals surface area contributed by atoms with Crippen molar-refractivity contribution in [3.8, 4) is 0 Å². The Morgan fingerprint density at radius 2 is 2.20 bits per heavy atom. The lowest BCUT2D eigenvalue weighted by molar-refractivity contribution is 0.142. The molecule has 0 amide bonds. The number of nitrogens with two attached hydrogens (primary N) is 1. The van der Waals surface area contributed by atoms with Crippen LogP contribution in [-0.2, 0) is 13.0 Å². The standard InChI is InChI=1S/C11H19N3O/c1-7(12)11(15)10-8(2)13-9-5-3-4-6-14(9)10/h7,11,15H,3-6,12H2,1-2H3. The number of rotatable bonds is 2. The second-order valence-corrected chi connectivity index (χ2v) is 4.41. The number of aromatic nitrogens is 2. The summed E-state index contributed by atoms with van der Waals surface area (Å²) in [6.07, 6.45) is 2.79. The molecule has 1 aliphatic rings. The van der Waals surface area contributed by atoms with Gasteiger partial charge < -0.3 is 15.4 Å². The van der Waals surface area contributed by atoms with E-state index in [-0.39, 0.29) is 6.04 Å². The Bertz CT molecular complexity index is 357. The lowest BCUT2D eigenvalue weighted by atomic mass is 10.1. The second kappa shape index (κ2) is 3.94. The van der Waals surface area contributed by atoms with Gasteiger partial charge in [0.05, 0.1) is 11.4 Å². The molecule has 15 heavy (non-hydrogen) atoms. The number of hydrogen-bond acceptors (Lipinski definition) is 3. The van der Waals surface area contributed by atoms with E-state index in [9.17, 15) is 5.11 Å². The van der Waals surface area contributed by atoms with Crippen LogP contribution < -0.4 is 5.73 Å². The number of imidazole rings is 1. The number of nitrogens with zero attached hydrogens (tertiary/aromatic N) is 2. The van der Waals surface area contributed by atoms with Crippen LogP contribution in [0.2, 0.25) is 0 Å². The molecule has 84 valence electrons. The Kier molecular flexibility index (Phi) is 2.80. The van der Waals surface area contributed by atoms with E-state index in [0.717, 1.165) is 30.2 Å². The fourth-order valence-corrected chi connectivity index (χ4v) is 2.26. The zero-order chi connectivity index (χ0) is 11.0. The predicted octanol–water partition coefficient (Wildman–Crippen LogP) is 0.908. The summed E-state index contributed by atoms with van der Waals surface area (Å²) in [7, 11) is 0. The Hall–Kier alpha value is -0.870. The molecule has 0 radical (unpaired) electrons. The highest BCUT2D eigenvalue weighted by Gasteiger charge is 2.24. The highest BCUT2D eigenvalue weighted by molar-refractivity contribution is 5.20. The van der Waals surface area contributed by atoms with Gasteiger partial charge in [0.25, 0.3) is 0 Å². The summed E-state index contributed by atoms with van der Waals surface area (Å²) < 4.78 is 2.15. The summed E-state index contributed by atoms with van der Waals surface area (Å²) in [5.41, 5.74) is 7.58. The summed E-state index contributed by atoms with van der Waals surface area (Å²) in [5.74, 6) is 1.11. The van der Waals surface area contributed by atoms with Gasteiger partial charge in [-0.1, -0.05) is 0 Å². The van der Waals surface area contributed by atoms with Crippen LogP contribution in [0.5, 0.6) is 0 Å². The quantitative estimate of drug-likeness (QED) is 0.761. The van der Waals surface area contributed by atoms with E-state index in [2.05, 4.69) is 9.55 Å². The number of fused-ring (bicyclic) bond motifs is 1. The fraction of sp³-hybridized carbons (Fsp3) is 0.727. The number of aryl methyl sites for hydroxylation is 2. The Labute approximate surface area is 90.1 Å². The first-order valence-electron chi connectivity index (χ1n) is 5.61. The fourth-order valence-electron chi connectivity index (χ4n) is 2.26. The third kappa shape index (κ3) is 1.79. The van der Waals surface area contributed by atoms with E-state index in [1.807, 2.05) is 13.8 Å². The summed E-state index contributed by atoms with van der Waals surface area (Å²) in [6.45, 7) is 4.74. The topological polar surface area (TPSA) is 64.1 Å². The van der Waals surface area contributed by atoms with Crippen molar-refractivity contribution >= 4 is 0 Å². The molecule has 1 aromatic rings. The smallest absolute Gasteiger partial charge is 0.111 e. The first kappa shape index (κ1) is 10.6.